The molecule has 2 aromatic carbocycles. The van der Waals surface area contributed by atoms with Crippen molar-refractivity contribution in [3.05, 3.63) is 60.4 Å². The van der Waals surface area contributed by atoms with Gasteiger partial charge in [-0.3, -0.25) is 4.99 Å². The number of ether oxygens (including phenoxy) is 1. The highest BCUT2D eigenvalue weighted by molar-refractivity contribution is 5.79. The minimum atomic E-state index is -2.87. The van der Waals surface area contributed by atoms with Crippen LogP contribution in [0.5, 0.6) is 5.75 Å². The highest BCUT2D eigenvalue weighted by atomic mass is 19.3. The SMILES string of the molecule is CCNC(=NCC(O)c1ccc(OC(F)F)cc1)NCCCn1cnc2ccccc21. The molecule has 166 valence electrons. The smallest absolute Gasteiger partial charge is 0.387 e. The average Bonchev–Trinajstić information content (AvgIpc) is 3.18. The largest absolute Gasteiger partial charge is 0.435 e. The lowest BCUT2D eigenvalue weighted by Crippen LogP contribution is -2.38. The molecular weight excluding hydrogens is 404 g/mol. The summed E-state index contributed by atoms with van der Waals surface area (Å²) in [6.07, 6.45) is 1.87. The predicted octanol–water partition coefficient (Wildman–Crippen LogP) is 3.32. The number of guanidine groups is 1. The van der Waals surface area contributed by atoms with E-state index in [9.17, 15) is 13.9 Å². The Balaban J connectivity index is 1.48. The number of imidazole rings is 1. The number of aromatic nitrogens is 2. The number of hydrogen-bond acceptors (Lipinski definition) is 4. The Morgan fingerprint density at radius 3 is 2.68 bits per heavy atom. The maximum absolute atomic E-state index is 12.2. The van der Waals surface area contributed by atoms with Gasteiger partial charge in [-0.15, -0.1) is 0 Å². The second kappa shape index (κ2) is 11.3. The quantitative estimate of drug-likeness (QED) is 0.261. The third kappa shape index (κ3) is 6.65. The molecule has 0 bridgehead atoms. The van der Waals surface area contributed by atoms with E-state index >= 15 is 0 Å². The summed E-state index contributed by atoms with van der Waals surface area (Å²) in [5.41, 5.74) is 2.66. The molecule has 7 nitrogen and oxygen atoms in total. The van der Waals surface area contributed by atoms with Gasteiger partial charge in [-0.25, -0.2) is 4.98 Å². The van der Waals surface area contributed by atoms with Crippen molar-refractivity contribution in [2.45, 2.75) is 32.6 Å². The molecule has 0 fully saturated rings. The van der Waals surface area contributed by atoms with Gasteiger partial charge < -0.3 is 25.0 Å². The fraction of sp³-hybridized carbons (Fsp3) is 0.364. The molecule has 0 aliphatic carbocycles. The van der Waals surface area contributed by atoms with Crippen LogP contribution in [-0.2, 0) is 6.54 Å². The molecule has 0 amide bonds. The van der Waals surface area contributed by atoms with Crippen molar-refractivity contribution in [3.63, 3.8) is 0 Å². The van der Waals surface area contributed by atoms with E-state index in [1.807, 2.05) is 31.5 Å². The number of nitrogens with one attached hydrogen (secondary N) is 2. The first-order valence-corrected chi connectivity index (χ1v) is 10.2. The molecule has 3 N–H and O–H groups in total. The van der Waals surface area contributed by atoms with Gasteiger partial charge in [0.2, 0.25) is 0 Å². The molecule has 1 atom stereocenters. The number of aliphatic imine (C=N–C) groups is 1. The number of aliphatic hydroxyl groups is 1. The fourth-order valence-corrected chi connectivity index (χ4v) is 3.14. The Kier molecular flexibility index (Phi) is 8.17. The molecule has 1 aromatic heterocycles. The van der Waals surface area contributed by atoms with Gasteiger partial charge in [-0.2, -0.15) is 8.78 Å². The van der Waals surface area contributed by atoms with Gasteiger partial charge in [0.05, 0.1) is 30.0 Å². The summed E-state index contributed by atoms with van der Waals surface area (Å²) in [5.74, 6) is 0.657. The van der Waals surface area contributed by atoms with Gasteiger partial charge >= 0.3 is 6.61 Å². The second-order valence-corrected chi connectivity index (χ2v) is 6.89. The van der Waals surface area contributed by atoms with Crippen molar-refractivity contribution in [2.75, 3.05) is 19.6 Å². The first kappa shape index (κ1) is 22.5. The zero-order valence-electron chi connectivity index (χ0n) is 17.3. The number of hydrogen-bond donors (Lipinski definition) is 3. The summed E-state index contributed by atoms with van der Waals surface area (Å²) in [5, 5.41) is 16.8. The van der Waals surface area contributed by atoms with Crippen LogP contribution in [0.2, 0.25) is 0 Å². The van der Waals surface area contributed by atoms with Crippen molar-refractivity contribution in [2.24, 2.45) is 4.99 Å². The number of aliphatic hydroxyl groups excluding tert-OH is 1. The summed E-state index contributed by atoms with van der Waals surface area (Å²) in [4.78, 5) is 8.81. The molecule has 31 heavy (non-hydrogen) atoms. The minimum Gasteiger partial charge on any atom is -0.435 e. The van der Waals surface area contributed by atoms with Crippen LogP contribution in [0.3, 0.4) is 0 Å². The van der Waals surface area contributed by atoms with Crippen LogP contribution in [0.15, 0.2) is 59.9 Å². The monoisotopic (exact) mass is 431 g/mol. The molecular formula is C22H27F2N5O2. The maximum Gasteiger partial charge on any atom is 0.387 e. The lowest BCUT2D eigenvalue weighted by atomic mass is 10.1. The van der Waals surface area contributed by atoms with Crippen molar-refractivity contribution in [3.8, 4) is 5.75 Å². The molecule has 0 saturated carbocycles. The van der Waals surface area contributed by atoms with Crippen LogP contribution in [0.25, 0.3) is 11.0 Å². The molecule has 3 aromatic rings. The molecule has 3 rings (SSSR count). The van der Waals surface area contributed by atoms with Gasteiger partial charge in [0, 0.05) is 19.6 Å². The fourth-order valence-electron chi connectivity index (χ4n) is 3.14. The van der Waals surface area contributed by atoms with E-state index in [4.69, 9.17) is 0 Å². The number of rotatable bonds is 10. The Labute approximate surface area is 179 Å². The van der Waals surface area contributed by atoms with Crippen LogP contribution in [-0.4, -0.2) is 46.9 Å². The van der Waals surface area contributed by atoms with Gasteiger partial charge in [0.1, 0.15) is 5.75 Å². The van der Waals surface area contributed by atoms with Crippen molar-refractivity contribution in [1.29, 1.82) is 0 Å². The first-order valence-electron chi connectivity index (χ1n) is 10.2. The lowest BCUT2D eigenvalue weighted by Gasteiger charge is -2.14. The Morgan fingerprint density at radius 2 is 1.94 bits per heavy atom. The summed E-state index contributed by atoms with van der Waals surface area (Å²) in [6, 6.07) is 13.9. The van der Waals surface area contributed by atoms with E-state index in [1.165, 1.54) is 12.1 Å². The number of alkyl halides is 2. The molecule has 0 aliphatic heterocycles. The van der Waals surface area contributed by atoms with Crippen molar-refractivity contribution in [1.82, 2.24) is 20.2 Å². The Bertz CT molecular complexity index is 975. The van der Waals surface area contributed by atoms with Gasteiger partial charge in [-0.05, 0) is 43.2 Å². The molecule has 1 unspecified atom stereocenters. The van der Waals surface area contributed by atoms with E-state index in [1.54, 1.807) is 12.1 Å². The van der Waals surface area contributed by atoms with Crippen molar-refractivity contribution >= 4 is 17.0 Å². The van der Waals surface area contributed by atoms with Crippen LogP contribution in [0, 0.1) is 0 Å². The normalized spacial score (nSPS) is 12.9. The van der Waals surface area contributed by atoms with Crippen LogP contribution >= 0.6 is 0 Å². The van der Waals surface area contributed by atoms with Gasteiger partial charge in [0.15, 0.2) is 5.96 Å². The zero-order valence-corrected chi connectivity index (χ0v) is 17.3. The number of benzene rings is 2. The summed E-state index contributed by atoms with van der Waals surface area (Å²) >= 11 is 0. The van der Waals surface area contributed by atoms with Crippen LogP contribution in [0.1, 0.15) is 25.0 Å². The van der Waals surface area contributed by atoms with E-state index in [0.717, 1.165) is 24.0 Å². The van der Waals surface area contributed by atoms with Gasteiger partial charge in [0.25, 0.3) is 0 Å². The third-order valence-corrected chi connectivity index (χ3v) is 4.65. The zero-order chi connectivity index (χ0) is 22.1. The first-order chi connectivity index (χ1) is 15.1. The highest BCUT2D eigenvalue weighted by Gasteiger charge is 2.10. The third-order valence-electron chi connectivity index (χ3n) is 4.65. The Morgan fingerprint density at radius 1 is 1.16 bits per heavy atom. The van der Waals surface area contributed by atoms with E-state index < -0.39 is 12.7 Å². The molecule has 0 radical (unpaired) electrons. The Hall–Kier alpha value is -3.20. The topological polar surface area (TPSA) is 83.7 Å². The average molecular weight is 431 g/mol. The standard InChI is InChI=1S/C22H27F2N5O2/c1-2-25-22(26-12-5-13-29-15-28-18-6-3-4-7-19(18)29)27-14-20(30)16-8-10-17(11-9-16)31-21(23)24/h3-4,6-11,15,20-21,30H,2,5,12-14H2,1H3,(H2,25,26,27). The predicted molar refractivity (Wildman–Crippen MR) is 116 cm³/mol. The van der Waals surface area contributed by atoms with Crippen LogP contribution < -0.4 is 15.4 Å². The maximum atomic E-state index is 12.2. The second-order valence-electron chi connectivity index (χ2n) is 6.89. The van der Waals surface area contributed by atoms with Crippen molar-refractivity contribution < 1.29 is 18.6 Å². The molecule has 0 spiro atoms. The van der Waals surface area contributed by atoms with Crippen LogP contribution in [0.4, 0.5) is 8.78 Å². The number of fused-ring (bicyclic) bond motifs is 1. The van der Waals surface area contributed by atoms with E-state index in [-0.39, 0.29) is 12.3 Å². The number of halogens is 2. The minimum absolute atomic E-state index is 0.0510. The van der Waals surface area contributed by atoms with E-state index in [0.29, 0.717) is 24.6 Å². The summed E-state index contributed by atoms with van der Waals surface area (Å²) in [6.45, 7) is 1.44. The number of aryl methyl sites for hydroxylation is 1. The molecule has 9 heteroatoms. The lowest BCUT2D eigenvalue weighted by molar-refractivity contribution is -0.0498. The molecule has 0 saturated heterocycles. The summed E-state index contributed by atoms with van der Waals surface area (Å²) in [7, 11) is 0. The van der Waals surface area contributed by atoms with Gasteiger partial charge in [-0.1, -0.05) is 24.3 Å². The number of para-hydroxylation sites is 2. The molecule has 1 heterocycles. The van der Waals surface area contributed by atoms with E-state index in [2.05, 4.69) is 36.0 Å². The summed E-state index contributed by atoms with van der Waals surface area (Å²) < 4.78 is 30.9. The highest BCUT2D eigenvalue weighted by Crippen LogP contribution is 2.19. The number of nitrogens with zero attached hydrogens (tertiary/aromatic N) is 3. The molecule has 0 aliphatic rings.